The molecule has 1 aliphatic rings. The van der Waals surface area contributed by atoms with E-state index in [4.69, 9.17) is 4.43 Å². The van der Waals surface area contributed by atoms with Gasteiger partial charge in [0, 0.05) is 6.42 Å². The van der Waals surface area contributed by atoms with E-state index in [1.165, 1.54) is 18.6 Å². The Hall–Kier alpha value is -0.243. The maximum absolute atomic E-state index is 6.31. The topological polar surface area (TPSA) is 9.23 Å². The third-order valence-electron chi connectivity index (χ3n) is 3.75. The van der Waals surface area contributed by atoms with Gasteiger partial charge in [0.1, 0.15) is 0 Å². The number of hydrogen-bond acceptors (Lipinski definition) is 1. The van der Waals surface area contributed by atoms with Crippen molar-refractivity contribution in [1.29, 1.82) is 0 Å². The van der Waals surface area contributed by atoms with Crippen molar-refractivity contribution in [2.45, 2.75) is 65.1 Å². The van der Waals surface area contributed by atoms with E-state index < -0.39 is 8.32 Å². The standard InChI is InChI=1S/C13H26OSi/c1-11-8-7-9-12(10-11)14-15(5,6)13(2,3)4/h10-11H,7-9H2,1-6H3. The summed E-state index contributed by atoms with van der Waals surface area (Å²) in [6.45, 7) is 13.8. The zero-order valence-electron chi connectivity index (χ0n) is 11.2. The van der Waals surface area contributed by atoms with Gasteiger partial charge in [-0.2, -0.15) is 0 Å². The summed E-state index contributed by atoms with van der Waals surface area (Å²) in [6, 6.07) is 0. The molecule has 1 aliphatic carbocycles. The molecule has 15 heavy (non-hydrogen) atoms. The van der Waals surface area contributed by atoms with Crippen LogP contribution >= 0.6 is 0 Å². The van der Waals surface area contributed by atoms with Gasteiger partial charge in [0.05, 0.1) is 5.76 Å². The Bertz CT molecular complexity index is 248. The smallest absolute Gasteiger partial charge is 0.250 e. The SMILES string of the molecule is CC1C=C(O[Si](C)(C)C(C)(C)C)CCC1. The molecule has 0 fully saturated rings. The lowest BCUT2D eigenvalue weighted by atomic mass is 9.97. The lowest BCUT2D eigenvalue weighted by Crippen LogP contribution is -2.40. The fourth-order valence-electron chi connectivity index (χ4n) is 1.65. The molecule has 0 heterocycles. The van der Waals surface area contributed by atoms with Gasteiger partial charge in [-0.05, 0) is 43.0 Å². The molecule has 1 nitrogen and oxygen atoms in total. The van der Waals surface area contributed by atoms with Crippen LogP contribution in [0.3, 0.4) is 0 Å². The Kier molecular flexibility index (Phi) is 3.70. The van der Waals surface area contributed by atoms with Gasteiger partial charge in [0.15, 0.2) is 0 Å². The second-order valence-electron chi connectivity index (χ2n) is 6.36. The predicted molar refractivity (Wildman–Crippen MR) is 69.4 cm³/mol. The van der Waals surface area contributed by atoms with Crippen molar-refractivity contribution in [3.63, 3.8) is 0 Å². The highest BCUT2D eigenvalue weighted by molar-refractivity contribution is 6.74. The molecule has 0 saturated carbocycles. The maximum atomic E-state index is 6.31. The predicted octanol–water partition coefficient (Wildman–Crippen LogP) is 4.71. The molecular weight excluding hydrogens is 200 g/mol. The summed E-state index contributed by atoms with van der Waals surface area (Å²) >= 11 is 0. The Morgan fingerprint density at radius 1 is 1.33 bits per heavy atom. The van der Waals surface area contributed by atoms with Gasteiger partial charge in [-0.3, -0.25) is 0 Å². The van der Waals surface area contributed by atoms with E-state index in [1.54, 1.807) is 0 Å². The summed E-state index contributed by atoms with van der Waals surface area (Å²) in [5.41, 5.74) is 0. The second kappa shape index (κ2) is 4.32. The Morgan fingerprint density at radius 2 is 1.93 bits per heavy atom. The average molecular weight is 226 g/mol. The van der Waals surface area contributed by atoms with Gasteiger partial charge in [0.25, 0.3) is 0 Å². The van der Waals surface area contributed by atoms with Crippen LogP contribution in [0.25, 0.3) is 0 Å². The average Bonchev–Trinajstić information content (AvgIpc) is 2.00. The Balaban J connectivity index is 2.69. The zero-order chi connectivity index (χ0) is 11.7. The van der Waals surface area contributed by atoms with Crippen LogP contribution in [0.2, 0.25) is 18.1 Å². The number of rotatable bonds is 2. The first-order valence-corrected chi connectivity index (χ1v) is 9.03. The molecule has 1 rings (SSSR count). The van der Waals surface area contributed by atoms with Crippen molar-refractivity contribution in [2.75, 3.05) is 0 Å². The molecule has 0 spiro atoms. The largest absolute Gasteiger partial charge is 0.547 e. The Labute approximate surface area is 96.0 Å². The highest BCUT2D eigenvalue weighted by atomic mass is 28.4. The molecule has 0 radical (unpaired) electrons. The summed E-state index contributed by atoms with van der Waals surface area (Å²) in [5.74, 6) is 1.97. The van der Waals surface area contributed by atoms with Crippen LogP contribution in [-0.4, -0.2) is 8.32 Å². The third-order valence-corrected chi connectivity index (χ3v) is 8.13. The summed E-state index contributed by atoms with van der Waals surface area (Å²) in [6.07, 6.45) is 6.10. The highest BCUT2D eigenvalue weighted by Gasteiger charge is 2.39. The molecule has 1 unspecified atom stereocenters. The molecule has 0 aliphatic heterocycles. The first-order chi connectivity index (χ1) is 6.72. The molecule has 0 amide bonds. The number of allylic oxidation sites excluding steroid dienone is 2. The van der Waals surface area contributed by atoms with Crippen molar-refractivity contribution in [3.05, 3.63) is 11.8 Å². The normalized spacial score (nSPS) is 23.6. The Morgan fingerprint density at radius 3 is 2.40 bits per heavy atom. The molecule has 0 bridgehead atoms. The monoisotopic (exact) mass is 226 g/mol. The van der Waals surface area contributed by atoms with Crippen molar-refractivity contribution < 1.29 is 4.43 Å². The van der Waals surface area contributed by atoms with Crippen molar-refractivity contribution in [1.82, 2.24) is 0 Å². The molecule has 88 valence electrons. The number of hydrogen-bond donors (Lipinski definition) is 0. The van der Waals surface area contributed by atoms with Gasteiger partial charge in [-0.15, -0.1) is 0 Å². The van der Waals surface area contributed by atoms with Crippen LogP contribution in [0.15, 0.2) is 11.8 Å². The van der Waals surface area contributed by atoms with E-state index in [-0.39, 0.29) is 0 Å². The van der Waals surface area contributed by atoms with Crippen LogP contribution in [0, 0.1) is 5.92 Å². The van der Waals surface area contributed by atoms with Crippen molar-refractivity contribution >= 4 is 8.32 Å². The summed E-state index contributed by atoms with van der Waals surface area (Å²) < 4.78 is 6.31. The summed E-state index contributed by atoms with van der Waals surface area (Å²) in [7, 11) is -1.59. The lowest BCUT2D eigenvalue weighted by molar-refractivity contribution is 0.339. The van der Waals surface area contributed by atoms with E-state index in [0.717, 1.165) is 6.42 Å². The third kappa shape index (κ3) is 3.37. The van der Waals surface area contributed by atoms with Gasteiger partial charge in [-0.1, -0.05) is 27.7 Å². The minimum Gasteiger partial charge on any atom is -0.547 e. The highest BCUT2D eigenvalue weighted by Crippen LogP contribution is 2.39. The van der Waals surface area contributed by atoms with Gasteiger partial charge < -0.3 is 4.43 Å². The molecule has 0 saturated heterocycles. The van der Waals surface area contributed by atoms with Crippen molar-refractivity contribution in [3.8, 4) is 0 Å². The van der Waals surface area contributed by atoms with E-state index >= 15 is 0 Å². The van der Waals surface area contributed by atoms with Crippen LogP contribution < -0.4 is 0 Å². The van der Waals surface area contributed by atoms with E-state index in [2.05, 4.69) is 46.9 Å². The molecule has 0 N–H and O–H groups in total. The minimum absolute atomic E-state index is 0.314. The molecule has 0 aromatic rings. The molecule has 1 atom stereocenters. The van der Waals surface area contributed by atoms with Gasteiger partial charge >= 0.3 is 0 Å². The van der Waals surface area contributed by atoms with E-state index in [0.29, 0.717) is 11.0 Å². The molecule has 0 aromatic carbocycles. The maximum Gasteiger partial charge on any atom is 0.250 e. The zero-order valence-corrected chi connectivity index (χ0v) is 12.2. The van der Waals surface area contributed by atoms with Crippen LogP contribution in [0.5, 0.6) is 0 Å². The molecule has 0 aromatic heterocycles. The first kappa shape index (κ1) is 12.8. The minimum atomic E-state index is -1.59. The lowest BCUT2D eigenvalue weighted by Gasteiger charge is -2.38. The van der Waals surface area contributed by atoms with Crippen LogP contribution in [-0.2, 0) is 4.43 Å². The second-order valence-corrected chi connectivity index (χ2v) is 11.1. The summed E-state index contributed by atoms with van der Waals surface area (Å²) in [5, 5.41) is 0.314. The molecule has 2 heteroatoms. The first-order valence-electron chi connectivity index (χ1n) is 6.12. The van der Waals surface area contributed by atoms with E-state index in [9.17, 15) is 0 Å². The molecular formula is C13H26OSi. The fourth-order valence-corrected chi connectivity index (χ4v) is 2.78. The quantitative estimate of drug-likeness (QED) is 0.619. The summed E-state index contributed by atoms with van der Waals surface area (Å²) in [4.78, 5) is 0. The van der Waals surface area contributed by atoms with Crippen molar-refractivity contribution in [2.24, 2.45) is 5.92 Å². The van der Waals surface area contributed by atoms with Gasteiger partial charge in [-0.25, -0.2) is 0 Å². The van der Waals surface area contributed by atoms with Crippen LogP contribution in [0.1, 0.15) is 47.0 Å². The fraction of sp³-hybridized carbons (Fsp3) is 0.846. The van der Waals surface area contributed by atoms with Gasteiger partial charge in [0.2, 0.25) is 8.32 Å². The van der Waals surface area contributed by atoms with Crippen LogP contribution in [0.4, 0.5) is 0 Å². The van der Waals surface area contributed by atoms with E-state index in [1.807, 2.05) is 0 Å².